The second-order valence-electron chi connectivity index (χ2n) is 10.1. The lowest BCUT2D eigenvalue weighted by Crippen LogP contribution is -2.42. The number of methoxy groups -OCH3 is 1. The van der Waals surface area contributed by atoms with E-state index in [-0.39, 0.29) is 30.1 Å². The van der Waals surface area contributed by atoms with Gasteiger partial charge in [-0.15, -0.1) is 0 Å². The average Bonchev–Trinajstić information content (AvgIpc) is 3.66. The van der Waals surface area contributed by atoms with Crippen molar-refractivity contribution in [2.45, 2.75) is 32.1 Å². The van der Waals surface area contributed by atoms with Gasteiger partial charge in [-0.05, 0) is 50.1 Å². The Hall–Kier alpha value is -4.21. The van der Waals surface area contributed by atoms with Crippen molar-refractivity contribution in [3.05, 3.63) is 54.0 Å². The first-order valence-electron chi connectivity index (χ1n) is 12.9. The zero-order chi connectivity index (χ0) is 26.4. The Balaban J connectivity index is 1.08. The fourth-order valence-electron chi connectivity index (χ4n) is 5.59. The zero-order valence-electron chi connectivity index (χ0n) is 21.8. The fourth-order valence-corrected chi connectivity index (χ4v) is 5.59. The van der Waals surface area contributed by atoms with Crippen molar-refractivity contribution >= 4 is 28.4 Å². The number of nitrogens with zero attached hydrogens (tertiary/aromatic N) is 6. The Morgan fingerprint density at radius 2 is 1.87 bits per heavy atom. The minimum atomic E-state index is -0.332. The Labute approximate surface area is 220 Å². The van der Waals surface area contributed by atoms with Gasteiger partial charge in [-0.3, -0.25) is 14.3 Å². The summed E-state index contributed by atoms with van der Waals surface area (Å²) in [6, 6.07) is 13.4. The summed E-state index contributed by atoms with van der Waals surface area (Å²) >= 11 is 0. The van der Waals surface area contributed by atoms with Gasteiger partial charge in [0.05, 0.1) is 24.2 Å². The van der Waals surface area contributed by atoms with E-state index in [4.69, 9.17) is 9.26 Å². The molecule has 2 amide bonds. The summed E-state index contributed by atoms with van der Waals surface area (Å²) in [5.74, 6) is 1.68. The van der Waals surface area contributed by atoms with Crippen LogP contribution in [0, 0.1) is 12.8 Å². The molecule has 10 nitrogen and oxygen atoms in total. The molecule has 1 unspecified atom stereocenters. The lowest BCUT2D eigenvalue weighted by Gasteiger charge is -2.32. The molecule has 2 aliphatic rings. The van der Waals surface area contributed by atoms with Crippen LogP contribution in [-0.4, -0.2) is 63.4 Å². The van der Waals surface area contributed by atoms with E-state index in [1.54, 1.807) is 12.0 Å². The molecule has 0 N–H and O–H groups in total. The van der Waals surface area contributed by atoms with Crippen LogP contribution in [0.5, 0.6) is 5.75 Å². The highest BCUT2D eigenvalue weighted by Crippen LogP contribution is 2.32. The summed E-state index contributed by atoms with van der Waals surface area (Å²) in [4.78, 5) is 34.2. The number of rotatable bonds is 5. The largest absolute Gasteiger partial charge is 0.497 e. The predicted octanol–water partition coefficient (Wildman–Crippen LogP) is 3.70. The van der Waals surface area contributed by atoms with Crippen LogP contribution in [0.25, 0.3) is 22.3 Å². The molecular formula is C28H30N6O4. The monoisotopic (exact) mass is 514 g/mol. The number of aryl methyl sites for hydroxylation is 2. The molecule has 2 aliphatic heterocycles. The molecule has 2 fully saturated rings. The molecule has 0 spiro atoms. The smallest absolute Gasteiger partial charge is 0.230 e. The van der Waals surface area contributed by atoms with Gasteiger partial charge in [0, 0.05) is 55.7 Å². The van der Waals surface area contributed by atoms with Crippen molar-refractivity contribution in [2.24, 2.45) is 13.0 Å². The Bertz CT molecular complexity index is 1500. The molecule has 38 heavy (non-hydrogen) atoms. The van der Waals surface area contributed by atoms with Crippen molar-refractivity contribution in [2.75, 3.05) is 31.6 Å². The Morgan fingerprint density at radius 1 is 1.11 bits per heavy atom. The van der Waals surface area contributed by atoms with Crippen molar-refractivity contribution in [3.63, 3.8) is 0 Å². The normalized spacial score (nSPS) is 18.5. The third kappa shape index (κ3) is 4.29. The van der Waals surface area contributed by atoms with Gasteiger partial charge < -0.3 is 19.1 Å². The fraction of sp³-hybridized carbons (Fsp3) is 0.393. The zero-order valence-corrected chi connectivity index (χ0v) is 21.8. The number of piperidine rings is 1. The van der Waals surface area contributed by atoms with Gasteiger partial charge in [-0.25, -0.2) is 0 Å². The van der Waals surface area contributed by atoms with Gasteiger partial charge in [-0.1, -0.05) is 17.3 Å². The predicted molar refractivity (Wildman–Crippen MR) is 141 cm³/mol. The molecule has 2 aromatic heterocycles. The van der Waals surface area contributed by atoms with Gasteiger partial charge >= 0.3 is 0 Å². The van der Waals surface area contributed by atoms with Crippen LogP contribution in [0.3, 0.4) is 0 Å². The highest BCUT2D eigenvalue weighted by molar-refractivity contribution is 6.00. The molecule has 196 valence electrons. The van der Waals surface area contributed by atoms with Crippen molar-refractivity contribution in [1.82, 2.24) is 24.8 Å². The molecule has 10 heteroatoms. The van der Waals surface area contributed by atoms with E-state index < -0.39 is 0 Å². The molecule has 2 saturated heterocycles. The van der Waals surface area contributed by atoms with Crippen LogP contribution in [0.2, 0.25) is 0 Å². The van der Waals surface area contributed by atoms with Gasteiger partial charge in [0.2, 0.25) is 23.5 Å². The number of amides is 2. The van der Waals surface area contributed by atoms with E-state index in [0.29, 0.717) is 31.3 Å². The summed E-state index contributed by atoms with van der Waals surface area (Å²) in [6.07, 6.45) is 1.73. The molecule has 1 atom stereocenters. The second kappa shape index (κ2) is 9.59. The number of ether oxygens (including phenoxy) is 1. The van der Waals surface area contributed by atoms with Crippen molar-refractivity contribution in [3.8, 4) is 17.1 Å². The molecule has 0 aliphatic carbocycles. The Kier molecular flexibility index (Phi) is 6.09. The molecule has 0 saturated carbocycles. The molecule has 0 bridgehead atoms. The van der Waals surface area contributed by atoms with Crippen LogP contribution in [0.4, 0.5) is 5.69 Å². The van der Waals surface area contributed by atoms with E-state index >= 15 is 0 Å². The third-order valence-corrected chi connectivity index (χ3v) is 7.75. The second-order valence-corrected chi connectivity index (χ2v) is 10.1. The number of hydrogen-bond acceptors (Lipinski definition) is 7. The molecule has 2 aromatic carbocycles. The molecule has 6 rings (SSSR count). The van der Waals surface area contributed by atoms with E-state index in [1.807, 2.05) is 66.0 Å². The third-order valence-electron chi connectivity index (χ3n) is 7.75. The number of carbonyl (C=O) groups is 2. The molecule has 0 radical (unpaired) electrons. The van der Waals surface area contributed by atoms with E-state index in [9.17, 15) is 9.59 Å². The average molecular weight is 515 g/mol. The highest BCUT2D eigenvalue weighted by Gasteiger charge is 2.38. The number of aromatic nitrogens is 4. The van der Waals surface area contributed by atoms with Gasteiger partial charge in [0.25, 0.3) is 0 Å². The SMILES string of the molecule is COc1ccc(N2CC(C(=O)N3CCC(c4nc(-c5ccc6c(C)nn(C)c6c5)no4)CC3)CC2=O)cc1. The van der Waals surface area contributed by atoms with Crippen LogP contribution < -0.4 is 9.64 Å². The highest BCUT2D eigenvalue weighted by atomic mass is 16.5. The lowest BCUT2D eigenvalue weighted by atomic mass is 9.95. The molecule has 4 heterocycles. The lowest BCUT2D eigenvalue weighted by molar-refractivity contribution is -0.136. The van der Waals surface area contributed by atoms with Crippen LogP contribution in [-0.2, 0) is 16.6 Å². The van der Waals surface area contributed by atoms with Crippen molar-refractivity contribution < 1.29 is 18.8 Å². The minimum Gasteiger partial charge on any atom is -0.497 e. The van der Waals surface area contributed by atoms with E-state index in [2.05, 4.69) is 15.2 Å². The number of hydrogen-bond donors (Lipinski definition) is 0. The van der Waals surface area contributed by atoms with Gasteiger partial charge in [0.15, 0.2) is 0 Å². The maximum Gasteiger partial charge on any atom is 0.230 e. The number of likely N-dealkylation sites (tertiary alicyclic amines) is 1. The summed E-state index contributed by atoms with van der Waals surface area (Å²) in [5.41, 5.74) is 3.68. The number of carbonyl (C=O) groups excluding carboxylic acids is 2. The van der Waals surface area contributed by atoms with Gasteiger partial charge in [0.1, 0.15) is 5.75 Å². The summed E-state index contributed by atoms with van der Waals surface area (Å²) < 4.78 is 12.7. The first kappa shape index (κ1) is 24.1. The minimum absolute atomic E-state index is 0.0266. The number of benzene rings is 2. The van der Waals surface area contributed by atoms with Crippen LogP contribution in [0.1, 0.15) is 36.8 Å². The van der Waals surface area contributed by atoms with E-state index in [1.165, 1.54) is 0 Å². The van der Waals surface area contributed by atoms with Gasteiger partial charge in [-0.2, -0.15) is 10.1 Å². The molecule has 4 aromatic rings. The first-order valence-corrected chi connectivity index (χ1v) is 12.9. The van der Waals surface area contributed by atoms with Crippen LogP contribution in [0.15, 0.2) is 47.0 Å². The maximum absolute atomic E-state index is 13.3. The van der Waals surface area contributed by atoms with Crippen LogP contribution >= 0.6 is 0 Å². The summed E-state index contributed by atoms with van der Waals surface area (Å²) in [5, 5.41) is 9.81. The van der Waals surface area contributed by atoms with E-state index in [0.717, 1.165) is 46.4 Å². The standard InChI is InChI=1S/C28H30N6O4/c1-17-23-9-4-19(14-24(23)32(2)30-17)26-29-27(38-31-26)18-10-12-33(13-11-18)28(36)20-15-25(35)34(16-20)21-5-7-22(37-3)8-6-21/h4-9,14,18,20H,10-13,15-16H2,1-3H3. The summed E-state index contributed by atoms with van der Waals surface area (Å²) in [6.45, 7) is 3.61. The number of anilines is 1. The Morgan fingerprint density at radius 3 is 2.61 bits per heavy atom. The topological polar surface area (TPSA) is 107 Å². The quantitative estimate of drug-likeness (QED) is 0.400. The summed E-state index contributed by atoms with van der Waals surface area (Å²) in [7, 11) is 3.53. The first-order chi connectivity index (χ1) is 18.4. The van der Waals surface area contributed by atoms with Crippen molar-refractivity contribution in [1.29, 1.82) is 0 Å². The number of fused-ring (bicyclic) bond motifs is 1. The maximum atomic E-state index is 13.3. The molecular weight excluding hydrogens is 484 g/mol.